The van der Waals surface area contributed by atoms with Gasteiger partial charge >= 0.3 is 0 Å². The van der Waals surface area contributed by atoms with E-state index in [1.54, 1.807) is 7.11 Å². The first-order chi connectivity index (χ1) is 9.31. The van der Waals surface area contributed by atoms with Crippen molar-refractivity contribution in [2.45, 2.75) is 25.3 Å². The number of para-hydroxylation sites is 2. The van der Waals surface area contributed by atoms with Gasteiger partial charge in [0.15, 0.2) is 0 Å². The average molecular weight is 264 g/mol. The van der Waals surface area contributed by atoms with Gasteiger partial charge in [-0.1, -0.05) is 12.1 Å². The zero-order valence-electron chi connectivity index (χ0n) is 11.7. The van der Waals surface area contributed by atoms with Crippen LogP contribution in [-0.2, 0) is 4.74 Å². The van der Waals surface area contributed by atoms with Gasteiger partial charge in [-0.05, 0) is 25.0 Å². The van der Waals surface area contributed by atoms with Crippen LogP contribution >= 0.6 is 0 Å². The molecule has 4 heteroatoms. The maximum atomic E-state index is 6.05. The number of ether oxygens (including phenoxy) is 2. The van der Waals surface area contributed by atoms with Gasteiger partial charge in [-0.2, -0.15) is 0 Å². The van der Waals surface area contributed by atoms with Crippen molar-refractivity contribution in [3.63, 3.8) is 0 Å². The summed E-state index contributed by atoms with van der Waals surface area (Å²) in [6.45, 7) is 3.39. The van der Waals surface area contributed by atoms with E-state index in [4.69, 9.17) is 15.2 Å². The largest absolute Gasteiger partial charge is 0.491 e. The summed E-state index contributed by atoms with van der Waals surface area (Å²) in [4.78, 5) is 2.33. The third-order valence-electron chi connectivity index (χ3n) is 3.41. The van der Waals surface area contributed by atoms with Crippen molar-refractivity contribution in [2.75, 3.05) is 38.3 Å². The first kappa shape index (κ1) is 14.2. The molecule has 1 atom stereocenters. The first-order valence-corrected chi connectivity index (χ1v) is 7.02. The van der Waals surface area contributed by atoms with Crippen molar-refractivity contribution >= 4 is 5.69 Å². The number of rotatable bonds is 6. The van der Waals surface area contributed by atoms with Gasteiger partial charge in [-0.3, -0.25) is 0 Å². The number of nitrogens with two attached hydrogens (primary N) is 1. The first-order valence-electron chi connectivity index (χ1n) is 7.02. The Morgan fingerprint density at radius 2 is 2.16 bits per heavy atom. The molecule has 0 bridgehead atoms. The summed E-state index contributed by atoms with van der Waals surface area (Å²) in [6, 6.07) is 8.48. The van der Waals surface area contributed by atoms with Crippen LogP contribution in [0.25, 0.3) is 0 Å². The van der Waals surface area contributed by atoms with Gasteiger partial charge in [-0.25, -0.2) is 0 Å². The van der Waals surface area contributed by atoms with Gasteiger partial charge in [-0.15, -0.1) is 0 Å². The Morgan fingerprint density at radius 1 is 1.32 bits per heavy atom. The molecule has 0 amide bonds. The van der Waals surface area contributed by atoms with Crippen molar-refractivity contribution in [1.82, 2.24) is 0 Å². The van der Waals surface area contributed by atoms with Gasteiger partial charge in [0.1, 0.15) is 5.75 Å². The van der Waals surface area contributed by atoms with Crippen LogP contribution in [0.15, 0.2) is 24.3 Å². The van der Waals surface area contributed by atoms with Crippen LogP contribution < -0.4 is 15.4 Å². The summed E-state index contributed by atoms with van der Waals surface area (Å²) >= 11 is 0. The van der Waals surface area contributed by atoms with E-state index in [1.807, 2.05) is 12.1 Å². The standard InChI is InChI=1S/C15H24N2O2/c1-18-10-5-11-19-15-8-3-2-7-14(15)17-9-4-6-13(16)12-17/h2-3,7-8,13H,4-6,9-12,16H2,1H3. The fourth-order valence-electron chi connectivity index (χ4n) is 2.45. The van der Waals surface area contributed by atoms with Crippen LogP contribution in [0.4, 0.5) is 5.69 Å². The quantitative estimate of drug-likeness (QED) is 0.799. The van der Waals surface area contributed by atoms with Gasteiger partial charge < -0.3 is 20.1 Å². The van der Waals surface area contributed by atoms with Crippen LogP contribution in [0.2, 0.25) is 0 Å². The lowest BCUT2D eigenvalue weighted by Crippen LogP contribution is -2.43. The number of hydrogen-bond acceptors (Lipinski definition) is 4. The zero-order chi connectivity index (χ0) is 13.5. The van der Waals surface area contributed by atoms with Crippen molar-refractivity contribution < 1.29 is 9.47 Å². The summed E-state index contributed by atoms with van der Waals surface area (Å²) < 4.78 is 10.9. The molecule has 1 aromatic rings. The number of methoxy groups -OCH3 is 1. The van der Waals surface area contributed by atoms with E-state index in [2.05, 4.69) is 17.0 Å². The molecule has 1 heterocycles. The van der Waals surface area contributed by atoms with Crippen molar-refractivity contribution in [1.29, 1.82) is 0 Å². The Kier molecular flexibility index (Phi) is 5.48. The molecule has 1 unspecified atom stereocenters. The Morgan fingerprint density at radius 3 is 2.95 bits per heavy atom. The monoisotopic (exact) mass is 264 g/mol. The van der Waals surface area contributed by atoms with Gasteiger partial charge in [0.05, 0.1) is 12.3 Å². The Labute approximate surface area is 115 Å². The predicted octanol–water partition coefficient (Wildman–Crippen LogP) is 2.03. The van der Waals surface area contributed by atoms with E-state index in [0.29, 0.717) is 6.61 Å². The van der Waals surface area contributed by atoms with E-state index >= 15 is 0 Å². The third kappa shape index (κ3) is 4.11. The molecule has 2 N–H and O–H groups in total. The van der Waals surface area contributed by atoms with E-state index in [1.165, 1.54) is 0 Å². The number of benzene rings is 1. The third-order valence-corrected chi connectivity index (χ3v) is 3.41. The highest BCUT2D eigenvalue weighted by atomic mass is 16.5. The molecular weight excluding hydrogens is 240 g/mol. The second-order valence-electron chi connectivity index (χ2n) is 5.01. The molecule has 1 aliphatic rings. The highest BCUT2D eigenvalue weighted by molar-refractivity contribution is 5.58. The van der Waals surface area contributed by atoms with Crippen LogP contribution in [-0.4, -0.2) is 39.5 Å². The van der Waals surface area contributed by atoms with E-state index in [-0.39, 0.29) is 6.04 Å². The average Bonchev–Trinajstić information content (AvgIpc) is 2.44. The maximum Gasteiger partial charge on any atom is 0.142 e. The lowest BCUT2D eigenvalue weighted by atomic mass is 10.1. The number of nitrogens with zero attached hydrogens (tertiary/aromatic N) is 1. The van der Waals surface area contributed by atoms with Crippen molar-refractivity contribution in [3.05, 3.63) is 24.3 Å². The molecule has 0 radical (unpaired) electrons. The minimum absolute atomic E-state index is 0.273. The molecule has 1 fully saturated rings. The molecule has 1 saturated heterocycles. The summed E-state index contributed by atoms with van der Waals surface area (Å²) in [6.07, 6.45) is 3.18. The smallest absolute Gasteiger partial charge is 0.142 e. The predicted molar refractivity (Wildman–Crippen MR) is 77.9 cm³/mol. The molecule has 4 nitrogen and oxygen atoms in total. The molecular formula is C15H24N2O2. The topological polar surface area (TPSA) is 47.7 Å². The summed E-state index contributed by atoms with van der Waals surface area (Å²) in [5.41, 5.74) is 7.22. The molecule has 0 saturated carbocycles. The Balaban J connectivity index is 1.99. The molecule has 106 valence electrons. The van der Waals surface area contributed by atoms with Crippen molar-refractivity contribution in [3.8, 4) is 5.75 Å². The fourth-order valence-corrected chi connectivity index (χ4v) is 2.45. The van der Waals surface area contributed by atoms with Gasteiger partial charge in [0, 0.05) is 39.3 Å². The molecule has 0 aliphatic carbocycles. The van der Waals surface area contributed by atoms with E-state index < -0.39 is 0 Å². The van der Waals surface area contributed by atoms with Crippen LogP contribution in [0.3, 0.4) is 0 Å². The van der Waals surface area contributed by atoms with E-state index in [0.717, 1.165) is 50.4 Å². The minimum atomic E-state index is 0.273. The number of hydrogen-bond donors (Lipinski definition) is 1. The lowest BCUT2D eigenvalue weighted by molar-refractivity contribution is 0.172. The molecule has 1 aliphatic heterocycles. The van der Waals surface area contributed by atoms with Crippen LogP contribution in [0.1, 0.15) is 19.3 Å². The molecule has 0 aromatic heterocycles. The van der Waals surface area contributed by atoms with Crippen LogP contribution in [0.5, 0.6) is 5.75 Å². The fraction of sp³-hybridized carbons (Fsp3) is 0.600. The summed E-state index contributed by atoms with van der Waals surface area (Å²) in [5.74, 6) is 0.952. The second-order valence-corrected chi connectivity index (χ2v) is 5.01. The highest BCUT2D eigenvalue weighted by Crippen LogP contribution is 2.30. The van der Waals surface area contributed by atoms with Crippen molar-refractivity contribution in [2.24, 2.45) is 5.73 Å². The normalized spacial score (nSPS) is 19.5. The Hall–Kier alpha value is -1.26. The zero-order valence-corrected chi connectivity index (χ0v) is 11.7. The van der Waals surface area contributed by atoms with E-state index in [9.17, 15) is 0 Å². The maximum absolute atomic E-state index is 6.05. The SMILES string of the molecule is COCCCOc1ccccc1N1CCCC(N)C1. The number of piperidine rings is 1. The molecule has 2 rings (SSSR count). The Bertz CT molecular complexity index is 384. The number of anilines is 1. The minimum Gasteiger partial charge on any atom is -0.491 e. The molecule has 19 heavy (non-hydrogen) atoms. The molecule has 1 aromatic carbocycles. The summed E-state index contributed by atoms with van der Waals surface area (Å²) in [7, 11) is 1.71. The summed E-state index contributed by atoms with van der Waals surface area (Å²) in [5, 5.41) is 0. The van der Waals surface area contributed by atoms with Crippen LogP contribution in [0, 0.1) is 0 Å². The molecule has 0 spiro atoms. The highest BCUT2D eigenvalue weighted by Gasteiger charge is 2.19. The van der Waals surface area contributed by atoms with Gasteiger partial charge in [0.2, 0.25) is 0 Å². The lowest BCUT2D eigenvalue weighted by Gasteiger charge is -2.33. The second kappa shape index (κ2) is 7.36. The van der Waals surface area contributed by atoms with Gasteiger partial charge in [0.25, 0.3) is 0 Å².